The van der Waals surface area contributed by atoms with Gasteiger partial charge >= 0.3 is 5.97 Å². The number of aliphatic imine (C=N–C) groups is 1. The van der Waals surface area contributed by atoms with Crippen LogP contribution in [0.4, 0.5) is 11.4 Å². The molecule has 4 aromatic rings. The van der Waals surface area contributed by atoms with Gasteiger partial charge in [0.15, 0.2) is 5.88 Å². The van der Waals surface area contributed by atoms with E-state index in [-0.39, 0.29) is 18.4 Å². The Labute approximate surface area is 228 Å². The van der Waals surface area contributed by atoms with Crippen LogP contribution in [0.25, 0.3) is 10.9 Å². The van der Waals surface area contributed by atoms with Crippen molar-refractivity contribution < 1.29 is 19.4 Å². The molecule has 0 bridgehead atoms. The predicted molar refractivity (Wildman–Crippen MR) is 155 cm³/mol. The molecule has 2 N–H and O–H groups in total. The first-order valence-corrected chi connectivity index (χ1v) is 13.1. The third-order valence-electron chi connectivity index (χ3n) is 6.68. The van der Waals surface area contributed by atoms with Gasteiger partial charge in [-0.05, 0) is 56.4 Å². The van der Waals surface area contributed by atoms with Crippen LogP contribution in [0.15, 0.2) is 77.8 Å². The molecule has 1 amide bonds. The van der Waals surface area contributed by atoms with Gasteiger partial charge in [0.25, 0.3) is 0 Å². The number of aromatic nitrogens is 1. The van der Waals surface area contributed by atoms with Crippen molar-refractivity contribution in [2.75, 3.05) is 38.2 Å². The van der Waals surface area contributed by atoms with Gasteiger partial charge < -0.3 is 19.7 Å². The molecular formula is C31H34N4O4. The van der Waals surface area contributed by atoms with Gasteiger partial charge in [0.05, 0.1) is 35.7 Å². The van der Waals surface area contributed by atoms with E-state index >= 15 is 0 Å². The Kier molecular flexibility index (Phi) is 8.78. The molecule has 0 fully saturated rings. The maximum Gasteiger partial charge on any atom is 0.338 e. The zero-order valence-electron chi connectivity index (χ0n) is 22.8. The average Bonchev–Trinajstić information content (AvgIpc) is 3.29. The van der Waals surface area contributed by atoms with Crippen molar-refractivity contribution in [2.45, 2.75) is 20.8 Å². The first-order valence-electron chi connectivity index (χ1n) is 13.1. The van der Waals surface area contributed by atoms with E-state index in [1.54, 1.807) is 37.1 Å². The van der Waals surface area contributed by atoms with Crippen molar-refractivity contribution in [2.24, 2.45) is 4.99 Å². The largest absolute Gasteiger partial charge is 0.494 e. The van der Waals surface area contributed by atoms with E-state index in [0.717, 1.165) is 29.7 Å². The van der Waals surface area contributed by atoms with Crippen LogP contribution in [0.3, 0.4) is 0 Å². The van der Waals surface area contributed by atoms with Gasteiger partial charge in [-0.25, -0.2) is 9.79 Å². The van der Waals surface area contributed by atoms with Crippen molar-refractivity contribution in [1.29, 1.82) is 0 Å². The molecule has 1 heterocycles. The maximum atomic E-state index is 12.7. The summed E-state index contributed by atoms with van der Waals surface area (Å²) in [5.41, 5.74) is 4.35. The van der Waals surface area contributed by atoms with E-state index in [1.807, 2.05) is 68.4 Å². The molecule has 0 atom stereocenters. The smallest absolute Gasteiger partial charge is 0.338 e. The van der Waals surface area contributed by atoms with E-state index in [2.05, 4.69) is 9.88 Å². The molecule has 1 aromatic heterocycles. The van der Waals surface area contributed by atoms with Gasteiger partial charge in [0.2, 0.25) is 5.91 Å². The van der Waals surface area contributed by atoms with Crippen LogP contribution in [0.2, 0.25) is 0 Å². The number of nitrogens with zero attached hydrogens (tertiary/aromatic N) is 3. The number of rotatable bonds is 10. The molecule has 0 saturated carbocycles. The standard InChI is InChI=1S/C31H34N4O4/c1-5-35(6-2)20-27(36)34(4)24-16-14-23(15-17-24)32-29(21-11-9-8-10-12-21)28-25-18-13-22(31(38)39-7-3)19-26(25)33-30(28)37/h8-19,33,37H,5-7,20H2,1-4H3. The van der Waals surface area contributed by atoms with Crippen molar-refractivity contribution in [1.82, 2.24) is 9.88 Å². The normalized spacial score (nSPS) is 11.7. The molecule has 0 aliphatic heterocycles. The zero-order valence-corrected chi connectivity index (χ0v) is 22.8. The van der Waals surface area contributed by atoms with Crippen LogP contribution in [-0.4, -0.2) is 65.9 Å². The number of nitrogens with one attached hydrogen (secondary N) is 1. The minimum absolute atomic E-state index is 0.0193. The summed E-state index contributed by atoms with van der Waals surface area (Å²) < 4.78 is 5.12. The van der Waals surface area contributed by atoms with Gasteiger partial charge in [0, 0.05) is 29.2 Å². The lowest BCUT2D eigenvalue weighted by atomic mass is 10.00. The number of amides is 1. The van der Waals surface area contributed by atoms with Crippen LogP contribution in [0.5, 0.6) is 5.88 Å². The number of aromatic amines is 1. The minimum atomic E-state index is -0.423. The fraction of sp³-hybridized carbons (Fsp3) is 0.258. The van der Waals surface area contributed by atoms with Gasteiger partial charge in [-0.1, -0.05) is 50.2 Å². The highest BCUT2D eigenvalue weighted by Crippen LogP contribution is 2.32. The summed E-state index contributed by atoms with van der Waals surface area (Å²) in [7, 11) is 1.77. The predicted octanol–water partition coefficient (Wildman–Crippen LogP) is 5.52. The van der Waals surface area contributed by atoms with Crippen LogP contribution >= 0.6 is 0 Å². The summed E-state index contributed by atoms with van der Waals surface area (Å²) in [5, 5.41) is 11.7. The number of carbonyl (C=O) groups is 2. The number of hydrogen-bond donors (Lipinski definition) is 2. The van der Waals surface area contributed by atoms with Crippen LogP contribution in [-0.2, 0) is 9.53 Å². The quantitative estimate of drug-likeness (QED) is 0.209. The number of anilines is 1. The van der Waals surface area contributed by atoms with E-state index in [4.69, 9.17) is 9.73 Å². The summed E-state index contributed by atoms with van der Waals surface area (Å²) in [6.07, 6.45) is 0. The van der Waals surface area contributed by atoms with Crippen molar-refractivity contribution >= 4 is 39.9 Å². The van der Waals surface area contributed by atoms with Crippen LogP contribution in [0.1, 0.15) is 42.3 Å². The van der Waals surface area contributed by atoms with Gasteiger partial charge in [0.1, 0.15) is 0 Å². The molecule has 0 radical (unpaired) electrons. The summed E-state index contributed by atoms with van der Waals surface area (Å²) >= 11 is 0. The highest BCUT2D eigenvalue weighted by Gasteiger charge is 2.20. The second-order valence-electron chi connectivity index (χ2n) is 9.09. The molecule has 4 rings (SSSR count). The zero-order chi connectivity index (χ0) is 27.9. The first-order chi connectivity index (χ1) is 18.9. The lowest BCUT2D eigenvalue weighted by Crippen LogP contribution is -2.38. The number of likely N-dealkylation sites (N-methyl/N-ethyl adjacent to an activating group) is 2. The molecule has 0 aliphatic rings. The molecule has 3 aromatic carbocycles. The highest BCUT2D eigenvalue weighted by molar-refractivity contribution is 6.22. The second kappa shape index (κ2) is 12.4. The van der Waals surface area contributed by atoms with E-state index < -0.39 is 5.97 Å². The number of hydrogen-bond acceptors (Lipinski definition) is 6. The van der Waals surface area contributed by atoms with Crippen LogP contribution in [0, 0.1) is 0 Å². The van der Waals surface area contributed by atoms with Crippen molar-refractivity contribution in [3.05, 3.63) is 89.5 Å². The van der Waals surface area contributed by atoms with Crippen LogP contribution < -0.4 is 4.90 Å². The molecule has 0 saturated heterocycles. The Morgan fingerprint density at radius 2 is 1.62 bits per heavy atom. The number of benzene rings is 3. The Morgan fingerprint density at radius 1 is 0.923 bits per heavy atom. The number of fused-ring (bicyclic) bond motifs is 1. The number of esters is 1. The molecule has 0 aliphatic carbocycles. The van der Waals surface area contributed by atoms with E-state index in [9.17, 15) is 14.7 Å². The number of H-pyrrole nitrogens is 1. The highest BCUT2D eigenvalue weighted by atomic mass is 16.5. The Morgan fingerprint density at radius 3 is 2.26 bits per heavy atom. The number of ether oxygens (including phenoxy) is 1. The van der Waals surface area contributed by atoms with Gasteiger partial charge in [-0.15, -0.1) is 0 Å². The topological polar surface area (TPSA) is 98.2 Å². The molecule has 8 nitrogen and oxygen atoms in total. The first kappa shape index (κ1) is 27.6. The SMILES string of the molecule is CCOC(=O)c1ccc2c(C(=Nc3ccc(N(C)C(=O)CN(CC)CC)cc3)c3ccccc3)c(O)[nH]c2c1. The Balaban J connectivity index is 1.71. The molecule has 0 spiro atoms. The third kappa shape index (κ3) is 6.18. The average molecular weight is 527 g/mol. The summed E-state index contributed by atoms with van der Waals surface area (Å²) in [4.78, 5) is 36.6. The summed E-state index contributed by atoms with van der Waals surface area (Å²) in [6, 6.07) is 22.2. The van der Waals surface area contributed by atoms with Crippen molar-refractivity contribution in [3.63, 3.8) is 0 Å². The molecule has 39 heavy (non-hydrogen) atoms. The second-order valence-corrected chi connectivity index (χ2v) is 9.09. The Hall–Kier alpha value is -4.43. The van der Waals surface area contributed by atoms with Gasteiger partial charge in [-0.2, -0.15) is 0 Å². The lowest BCUT2D eigenvalue weighted by Gasteiger charge is -2.23. The Bertz CT molecular complexity index is 1470. The van der Waals surface area contributed by atoms with E-state index in [0.29, 0.717) is 34.6 Å². The van der Waals surface area contributed by atoms with Crippen molar-refractivity contribution in [3.8, 4) is 5.88 Å². The lowest BCUT2D eigenvalue weighted by molar-refractivity contribution is -0.119. The van der Waals surface area contributed by atoms with E-state index in [1.165, 1.54) is 0 Å². The molecule has 202 valence electrons. The summed E-state index contributed by atoms with van der Waals surface area (Å²) in [6.45, 7) is 8.11. The number of carbonyl (C=O) groups excluding carboxylic acids is 2. The monoisotopic (exact) mass is 526 g/mol. The van der Waals surface area contributed by atoms with Gasteiger partial charge in [-0.3, -0.25) is 9.69 Å². The minimum Gasteiger partial charge on any atom is -0.494 e. The molecule has 8 heteroatoms. The molecule has 0 unspecified atom stereocenters. The fourth-order valence-corrected chi connectivity index (χ4v) is 4.39. The maximum absolute atomic E-state index is 12.7. The third-order valence-corrected chi connectivity index (χ3v) is 6.68. The molecular weight excluding hydrogens is 492 g/mol. The fourth-order valence-electron chi connectivity index (χ4n) is 4.39. The summed E-state index contributed by atoms with van der Waals surface area (Å²) in [5.74, 6) is -0.453. The number of aromatic hydroxyl groups is 1.